The van der Waals surface area contributed by atoms with Gasteiger partial charge in [-0.25, -0.2) is 4.39 Å². The van der Waals surface area contributed by atoms with Crippen molar-refractivity contribution in [3.63, 3.8) is 0 Å². The van der Waals surface area contributed by atoms with Gasteiger partial charge in [-0.1, -0.05) is 50.2 Å². The third-order valence-corrected chi connectivity index (χ3v) is 5.48. The van der Waals surface area contributed by atoms with Crippen LogP contribution in [0.25, 0.3) is 10.9 Å². The average molecular weight is 363 g/mol. The highest BCUT2D eigenvalue weighted by molar-refractivity contribution is 5.82. The second-order valence-corrected chi connectivity index (χ2v) is 7.94. The minimum atomic E-state index is -0.205. The number of ether oxygens (including phenoxy) is 1. The van der Waals surface area contributed by atoms with E-state index in [0.717, 1.165) is 28.6 Å². The van der Waals surface area contributed by atoms with E-state index in [0.29, 0.717) is 11.8 Å². The Labute approximate surface area is 160 Å². The molecule has 0 saturated heterocycles. The van der Waals surface area contributed by atoms with Crippen molar-refractivity contribution >= 4 is 10.9 Å². The molecule has 0 spiro atoms. The van der Waals surface area contributed by atoms with Crippen LogP contribution in [0.1, 0.15) is 49.8 Å². The summed E-state index contributed by atoms with van der Waals surface area (Å²) in [6, 6.07) is 17.2. The Hall–Kier alpha value is -2.26. The van der Waals surface area contributed by atoms with E-state index in [4.69, 9.17) is 4.74 Å². The molecule has 0 bridgehead atoms. The molecular formula is C24H26FNO. The first-order chi connectivity index (χ1) is 13.1. The second-order valence-electron chi connectivity index (χ2n) is 7.94. The highest BCUT2D eigenvalue weighted by atomic mass is 19.1. The van der Waals surface area contributed by atoms with E-state index in [-0.39, 0.29) is 17.8 Å². The maximum Gasteiger partial charge on any atom is 0.123 e. The van der Waals surface area contributed by atoms with Crippen LogP contribution in [0.2, 0.25) is 0 Å². The number of nitrogens with zero attached hydrogens (tertiary/aromatic N) is 1. The average Bonchev–Trinajstić information content (AvgIpc) is 3.50. The quantitative estimate of drug-likeness (QED) is 0.493. The monoisotopic (exact) mass is 363 g/mol. The molecule has 0 aliphatic heterocycles. The zero-order chi connectivity index (χ0) is 18.8. The predicted molar refractivity (Wildman–Crippen MR) is 107 cm³/mol. The summed E-state index contributed by atoms with van der Waals surface area (Å²) in [5.41, 5.74) is 3.23. The maximum atomic E-state index is 13.5. The Bertz CT molecular complexity index is 896. The molecular weight excluding hydrogens is 337 g/mol. The standard InChI is InChI=1S/C24H26FNO/c1-16(2)22(18-10-12-20(25)13-11-18)24(27-15-17-8-9-17)21-7-3-5-19-6-4-14-26-23(19)21/h3-7,10-14,16-17,22,24H,8-9,15H2,1-2H3. The predicted octanol–water partition coefficient (Wildman–Crippen LogP) is 6.28. The number of pyridine rings is 1. The van der Waals surface area contributed by atoms with Crippen LogP contribution in [0.4, 0.5) is 4.39 Å². The van der Waals surface area contributed by atoms with Crippen molar-refractivity contribution in [2.75, 3.05) is 6.61 Å². The molecule has 2 atom stereocenters. The highest BCUT2D eigenvalue weighted by Crippen LogP contribution is 2.43. The Morgan fingerprint density at radius 3 is 2.48 bits per heavy atom. The molecule has 0 N–H and O–H groups in total. The molecule has 2 unspecified atom stereocenters. The SMILES string of the molecule is CC(C)C(c1ccc(F)cc1)C(OCC1CC1)c1cccc2cccnc12. The first kappa shape index (κ1) is 18.1. The molecule has 1 aliphatic carbocycles. The van der Waals surface area contributed by atoms with E-state index in [1.165, 1.54) is 12.8 Å². The highest BCUT2D eigenvalue weighted by Gasteiger charge is 2.32. The van der Waals surface area contributed by atoms with Gasteiger partial charge in [0.2, 0.25) is 0 Å². The van der Waals surface area contributed by atoms with Crippen LogP contribution >= 0.6 is 0 Å². The summed E-state index contributed by atoms with van der Waals surface area (Å²) in [6.07, 6.45) is 4.24. The van der Waals surface area contributed by atoms with Crippen LogP contribution in [0, 0.1) is 17.7 Å². The number of benzene rings is 2. The van der Waals surface area contributed by atoms with E-state index >= 15 is 0 Å². The van der Waals surface area contributed by atoms with Gasteiger partial charge >= 0.3 is 0 Å². The summed E-state index contributed by atoms with van der Waals surface area (Å²) in [5.74, 6) is 0.954. The lowest BCUT2D eigenvalue weighted by atomic mass is 9.80. The van der Waals surface area contributed by atoms with Crippen molar-refractivity contribution in [1.82, 2.24) is 4.98 Å². The molecule has 140 valence electrons. The van der Waals surface area contributed by atoms with Gasteiger partial charge in [-0.3, -0.25) is 4.98 Å². The smallest absolute Gasteiger partial charge is 0.123 e. The maximum absolute atomic E-state index is 13.5. The number of aromatic nitrogens is 1. The van der Waals surface area contributed by atoms with Gasteiger partial charge in [0.25, 0.3) is 0 Å². The van der Waals surface area contributed by atoms with Gasteiger partial charge in [0, 0.05) is 23.1 Å². The van der Waals surface area contributed by atoms with E-state index in [9.17, 15) is 4.39 Å². The van der Waals surface area contributed by atoms with Gasteiger partial charge in [-0.2, -0.15) is 0 Å². The molecule has 1 heterocycles. The van der Waals surface area contributed by atoms with Gasteiger partial charge in [-0.15, -0.1) is 0 Å². The van der Waals surface area contributed by atoms with Crippen LogP contribution in [0.3, 0.4) is 0 Å². The lowest BCUT2D eigenvalue weighted by Gasteiger charge is -2.32. The molecule has 3 heteroatoms. The number of halogens is 1. The number of rotatable bonds is 7. The fraction of sp³-hybridized carbons (Fsp3) is 0.375. The minimum absolute atomic E-state index is 0.102. The molecule has 3 aromatic rings. The summed E-state index contributed by atoms with van der Waals surface area (Å²) in [7, 11) is 0. The van der Waals surface area contributed by atoms with Gasteiger partial charge in [0.15, 0.2) is 0 Å². The Morgan fingerprint density at radius 2 is 1.78 bits per heavy atom. The Kier molecular flexibility index (Phi) is 5.22. The van der Waals surface area contributed by atoms with E-state index < -0.39 is 0 Å². The number of para-hydroxylation sites is 1. The van der Waals surface area contributed by atoms with Gasteiger partial charge in [0.05, 0.1) is 18.2 Å². The van der Waals surface area contributed by atoms with Crippen LogP contribution in [0.5, 0.6) is 0 Å². The Morgan fingerprint density at radius 1 is 1.04 bits per heavy atom. The van der Waals surface area contributed by atoms with Crippen molar-refractivity contribution in [3.8, 4) is 0 Å². The fourth-order valence-electron chi connectivity index (χ4n) is 3.86. The van der Waals surface area contributed by atoms with Gasteiger partial charge in [0.1, 0.15) is 5.82 Å². The third-order valence-electron chi connectivity index (χ3n) is 5.48. The number of hydrogen-bond acceptors (Lipinski definition) is 2. The lowest BCUT2D eigenvalue weighted by molar-refractivity contribution is 0.0161. The normalized spacial score (nSPS) is 16.6. The summed E-state index contributed by atoms with van der Waals surface area (Å²) in [4.78, 5) is 4.65. The molecule has 0 amide bonds. The molecule has 2 aromatic carbocycles. The molecule has 1 fully saturated rings. The first-order valence-electron chi connectivity index (χ1n) is 9.84. The molecule has 1 saturated carbocycles. The summed E-state index contributed by atoms with van der Waals surface area (Å²) in [5, 5.41) is 1.12. The first-order valence-corrected chi connectivity index (χ1v) is 9.84. The number of fused-ring (bicyclic) bond motifs is 1. The largest absolute Gasteiger partial charge is 0.373 e. The molecule has 0 radical (unpaired) electrons. The second kappa shape index (κ2) is 7.77. The van der Waals surface area contributed by atoms with Crippen LogP contribution < -0.4 is 0 Å². The molecule has 2 nitrogen and oxygen atoms in total. The van der Waals surface area contributed by atoms with Gasteiger partial charge in [-0.05, 0) is 48.4 Å². The van der Waals surface area contributed by atoms with Crippen molar-refractivity contribution in [3.05, 3.63) is 77.7 Å². The molecule has 1 aliphatic rings. The van der Waals surface area contributed by atoms with Crippen LogP contribution in [-0.4, -0.2) is 11.6 Å². The van der Waals surface area contributed by atoms with E-state index in [1.807, 2.05) is 24.4 Å². The Balaban J connectivity index is 1.79. The minimum Gasteiger partial charge on any atom is -0.373 e. The molecule has 4 rings (SSSR count). The van der Waals surface area contributed by atoms with Crippen LogP contribution in [0.15, 0.2) is 60.8 Å². The topological polar surface area (TPSA) is 22.1 Å². The zero-order valence-electron chi connectivity index (χ0n) is 15.9. The van der Waals surface area contributed by atoms with Crippen molar-refractivity contribution in [2.45, 2.75) is 38.7 Å². The van der Waals surface area contributed by atoms with E-state index in [2.05, 4.69) is 43.1 Å². The third kappa shape index (κ3) is 4.03. The summed E-state index contributed by atoms with van der Waals surface area (Å²) < 4.78 is 20.0. The zero-order valence-corrected chi connectivity index (χ0v) is 15.9. The molecule has 27 heavy (non-hydrogen) atoms. The number of hydrogen-bond donors (Lipinski definition) is 0. The lowest BCUT2D eigenvalue weighted by Crippen LogP contribution is -2.21. The van der Waals surface area contributed by atoms with Gasteiger partial charge < -0.3 is 4.74 Å². The summed E-state index contributed by atoms with van der Waals surface area (Å²) in [6.45, 7) is 5.19. The molecule has 1 aromatic heterocycles. The fourth-order valence-corrected chi connectivity index (χ4v) is 3.86. The van der Waals surface area contributed by atoms with Crippen molar-refractivity contribution in [1.29, 1.82) is 0 Å². The van der Waals surface area contributed by atoms with E-state index in [1.54, 1.807) is 12.1 Å². The van der Waals surface area contributed by atoms with Crippen molar-refractivity contribution < 1.29 is 9.13 Å². The summed E-state index contributed by atoms with van der Waals surface area (Å²) >= 11 is 0. The van der Waals surface area contributed by atoms with Crippen molar-refractivity contribution in [2.24, 2.45) is 11.8 Å². The van der Waals surface area contributed by atoms with Crippen LogP contribution in [-0.2, 0) is 4.74 Å².